The van der Waals surface area contributed by atoms with E-state index in [1.165, 1.54) is 48.6 Å². The molecule has 4 rings (SSSR count). The Bertz CT molecular complexity index is 1520. The molecule has 0 amide bonds. The van der Waals surface area contributed by atoms with Crippen LogP contribution in [0.4, 0.5) is 0 Å². The van der Waals surface area contributed by atoms with Gasteiger partial charge >= 0.3 is 23.9 Å². The van der Waals surface area contributed by atoms with E-state index in [1.54, 1.807) is 0 Å². The van der Waals surface area contributed by atoms with Crippen LogP contribution < -0.4 is 0 Å². The summed E-state index contributed by atoms with van der Waals surface area (Å²) in [4.78, 5) is 45.8. The van der Waals surface area contributed by atoms with E-state index < -0.39 is 97.4 Å². The second-order valence-corrected chi connectivity index (χ2v) is 11.7. The van der Waals surface area contributed by atoms with E-state index in [1.807, 2.05) is 0 Å². The number of hydrogen-bond donors (Lipinski definition) is 12. The van der Waals surface area contributed by atoms with Gasteiger partial charge in [0, 0.05) is 37.8 Å². The van der Waals surface area contributed by atoms with Crippen LogP contribution in [-0.4, -0.2) is 138 Å². The van der Waals surface area contributed by atoms with Crippen LogP contribution in [-0.2, 0) is 28.7 Å². The Morgan fingerprint density at radius 3 is 1.22 bits per heavy atom. The Morgan fingerprint density at radius 1 is 0.588 bits per heavy atom. The number of aromatic hydroxyl groups is 4. The van der Waals surface area contributed by atoms with Crippen LogP contribution in [0.15, 0.2) is 48.6 Å². The van der Waals surface area contributed by atoms with Crippen molar-refractivity contribution < 1.29 is 95.4 Å². The van der Waals surface area contributed by atoms with Gasteiger partial charge in [0.1, 0.15) is 24.4 Å². The molecule has 2 aliphatic carbocycles. The smallest absolute Gasteiger partial charge is 0.335 e. The summed E-state index contributed by atoms with van der Waals surface area (Å²) in [6.45, 7) is 0. The van der Waals surface area contributed by atoms with Gasteiger partial charge < -0.3 is 76.2 Å². The number of carboxylic acid groups (broad SMARTS) is 2. The molecule has 0 heterocycles. The molecular weight excluding hydrogens is 688 g/mol. The van der Waals surface area contributed by atoms with Gasteiger partial charge in [0.25, 0.3) is 0 Å². The molecule has 2 aromatic rings. The third-order valence-electron chi connectivity index (χ3n) is 7.88. The van der Waals surface area contributed by atoms with Crippen molar-refractivity contribution in [1.82, 2.24) is 0 Å². The van der Waals surface area contributed by atoms with Gasteiger partial charge in [0.2, 0.25) is 0 Å². The van der Waals surface area contributed by atoms with Gasteiger partial charge in [-0.25, -0.2) is 19.2 Å². The van der Waals surface area contributed by atoms with E-state index in [4.69, 9.17) is 19.7 Å². The van der Waals surface area contributed by atoms with E-state index in [0.717, 1.165) is 12.2 Å². The maximum absolute atomic E-state index is 11.8. The van der Waals surface area contributed by atoms with Crippen LogP contribution in [0, 0.1) is 0 Å². The van der Waals surface area contributed by atoms with E-state index in [-0.39, 0.29) is 28.5 Å². The number of ether oxygens (including phenoxy) is 2. The number of rotatable bonds is 8. The van der Waals surface area contributed by atoms with Crippen molar-refractivity contribution in [2.75, 3.05) is 0 Å². The number of carboxylic acids is 2. The van der Waals surface area contributed by atoms with Crippen LogP contribution in [0.25, 0.3) is 12.2 Å². The van der Waals surface area contributed by atoms with E-state index >= 15 is 0 Å². The molecule has 6 unspecified atom stereocenters. The van der Waals surface area contributed by atoms with Gasteiger partial charge in [0.05, 0.1) is 12.2 Å². The lowest BCUT2D eigenvalue weighted by Crippen LogP contribution is -2.57. The Labute approximate surface area is 287 Å². The highest BCUT2D eigenvalue weighted by Gasteiger charge is 2.51. The molecule has 19 nitrogen and oxygen atoms in total. The molecule has 51 heavy (non-hydrogen) atoms. The average molecular weight is 727 g/mol. The summed E-state index contributed by atoms with van der Waals surface area (Å²) in [6, 6.07) is 7.66. The number of carbonyl (C=O) groups is 4. The van der Waals surface area contributed by atoms with Gasteiger partial charge in [-0.2, -0.15) is 0 Å². The summed E-state index contributed by atoms with van der Waals surface area (Å²) >= 11 is 0. The fourth-order valence-electron chi connectivity index (χ4n) is 5.07. The van der Waals surface area contributed by atoms with Gasteiger partial charge in [-0.1, -0.05) is 12.1 Å². The number of esters is 2. The van der Waals surface area contributed by atoms with E-state index in [0.29, 0.717) is 11.1 Å². The van der Waals surface area contributed by atoms with Gasteiger partial charge in [-0.15, -0.1) is 0 Å². The molecule has 0 aromatic heterocycles. The minimum atomic E-state index is -2.31. The molecular formula is C32H38O19. The number of phenolic OH excluding ortho intramolecular Hbond substituents is 4. The van der Waals surface area contributed by atoms with Crippen molar-refractivity contribution in [3.8, 4) is 23.0 Å². The maximum Gasteiger partial charge on any atom is 0.335 e. The third-order valence-corrected chi connectivity index (χ3v) is 7.88. The van der Waals surface area contributed by atoms with Gasteiger partial charge in [0.15, 0.2) is 34.2 Å². The first kappa shape index (κ1) is 41.9. The fourth-order valence-corrected chi connectivity index (χ4v) is 5.07. The molecule has 2 fully saturated rings. The predicted octanol–water partition coefficient (Wildman–Crippen LogP) is -2.12. The third kappa shape index (κ3) is 10.9. The largest absolute Gasteiger partial charge is 0.504 e. The number of carbonyl (C=O) groups excluding carboxylic acids is 2. The minimum absolute atomic E-state index is 0. The zero-order chi connectivity index (χ0) is 37.6. The van der Waals surface area contributed by atoms with E-state index in [2.05, 4.69) is 0 Å². The lowest BCUT2D eigenvalue weighted by atomic mass is 9.79. The highest BCUT2D eigenvalue weighted by atomic mass is 16.6. The topological polar surface area (TPSA) is 361 Å². The molecule has 0 bridgehead atoms. The lowest BCUT2D eigenvalue weighted by molar-refractivity contribution is -0.196. The normalized spacial score (nSPS) is 28.9. The highest BCUT2D eigenvalue weighted by molar-refractivity contribution is 5.88. The molecule has 0 radical (unpaired) electrons. The van der Waals surface area contributed by atoms with Crippen molar-refractivity contribution in [3.05, 3.63) is 59.7 Å². The average Bonchev–Trinajstić information content (AvgIpc) is 3.03. The molecule has 0 spiro atoms. The second-order valence-electron chi connectivity index (χ2n) is 11.7. The minimum Gasteiger partial charge on any atom is -0.504 e. The summed E-state index contributed by atoms with van der Waals surface area (Å²) < 4.78 is 9.85. The van der Waals surface area contributed by atoms with Gasteiger partial charge in [-0.05, 0) is 47.5 Å². The molecule has 19 heteroatoms. The Morgan fingerprint density at radius 2 is 0.922 bits per heavy atom. The summed E-state index contributed by atoms with van der Waals surface area (Å²) in [5.41, 5.74) is -3.87. The van der Waals surface area contributed by atoms with Crippen LogP contribution >= 0.6 is 0 Å². The van der Waals surface area contributed by atoms with Crippen molar-refractivity contribution in [2.24, 2.45) is 0 Å². The quantitative estimate of drug-likeness (QED) is 0.0786. The number of aliphatic carboxylic acids is 2. The van der Waals surface area contributed by atoms with Crippen LogP contribution in [0.5, 0.6) is 23.0 Å². The molecule has 8 atom stereocenters. The number of phenols is 4. The predicted molar refractivity (Wildman–Crippen MR) is 169 cm³/mol. The molecule has 280 valence electrons. The Kier molecular flexibility index (Phi) is 14.0. The van der Waals surface area contributed by atoms with E-state index in [9.17, 15) is 70.2 Å². The SMILES string of the molecule is O.O=C(C=Cc1ccc(O)c(O)c1)OC1C[C@](O)(C(=O)O)CC(O)C1O.O=C(C=Cc1ccc(O)c(O)c1)OC1C[C@](O)(C(=O)O)CC(O)C1O. The number of benzene rings is 2. The first-order chi connectivity index (χ1) is 23.2. The molecule has 2 aromatic carbocycles. The molecule has 0 aliphatic heterocycles. The number of aliphatic hydroxyl groups excluding tert-OH is 4. The Hall–Kier alpha value is -5.28. The first-order valence-electron chi connectivity index (χ1n) is 14.7. The molecule has 2 saturated carbocycles. The monoisotopic (exact) mass is 726 g/mol. The summed E-state index contributed by atoms with van der Waals surface area (Å²) in [7, 11) is 0. The van der Waals surface area contributed by atoms with Crippen molar-refractivity contribution in [3.63, 3.8) is 0 Å². The molecule has 0 saturated heterocycles. The van der Waals surface area contributed by atoms with Crippen LogP contribution in [0.2, 0.25) is 0 Å². The Balaban J connectivity index is 0.000000347. The van der Waals surface area contributed by atoms with Crippen molar-refractivity contribution in [2.45, 2.75) is 73.5 Å². The second kappa shape index (κ2) is 17.1. The lowest BCUT2D eigenvalue weighted by Gasteiger charge is -2.39. The molecule has 2 aliphatic rings. The van der Waals surface area contributed by atoms with Gasteiger partial charge in [-0.3, -0.25) is 0 Å². The zero-order valence-electron chi connectivity index (χ0n) is 26.4. The molecule has 14 N–H and O–H groups in total. The summed E-state index contributed by atoms with van der Waals surface area (Å²) in [6.07, 6.45) is -6.88. The van der Waals surface area contributed by atoms with Crippen LogP contribution in [0.1, 0.15) is 36.8 Å². The first-order valence-corrected chi connectivity index (χ1v) is 14.7. The number of hydrogen-bond acceptors (Lipinski definition) is 16. The van der Waals surface area contributed by atoms with Crippen LogP contribution in [0.3, 0.4) is 0 Å². The number of aliphatic hydroxyl groups is 6. The zero-order valence-corrected chi connectivity index (χ0v) is 26.4. The summed E-state index contributed by atoms with van der Waals surface area (Å²) in [5.74, 6) is -6.49. The standard InChI is InChI=1S/2C16H18O9.H2O/c2*17-9-3-1-8(5-10(9)18)2-4-13(20)25-12-7-16(24,15(22)23)6-11(19)14(12)21;/h2*1-5,11-12,14,17-19,21,24H,6-7H2,(H,22,23);1H2/t2*11?,12?,14?,16-;/m00./s1. The maximum atomic E-state index is 11.8. The van der Waals surface area contributed by atoms with Crippen molar-refractivity contribution in [1.29, 1.82) is 0 Å². The van der Waals surface area contributed by atoms with Crippen molar-refractivity contribution >= 4 is 36.0 Å². The fraction of sp³-hybridized carbons (Fsp3) is 0.375. The summed E-state index contributed by atoms with van der Waals surface area (Å²) in [5, 5.41) is 114. The highest BCUT2D eigenvalue weighted by Crippen LogP contribution is 2.33.